The maximum absolute atomic E-state index is 12.0. The number of nitrogens with zero attached hydrogens (tertiary/aromatic N) is 1. The highest BCUT2D eigenvalue weighted by Crippen LogP contribution is 2.16. The summed E-state index contributed by atoms with van der Waals surface area (Å²) < 4.78 is 36.1. The highest BCUT2D eigenvalue weighted by atomic mass is 32.1. The van der Waals surface area contributed by atoms with Gasteiger partial charge in [-0.05, 0) is 25.6 Å². The normalized spacial score (nSPS) is 11.2. The first-order chi connectivity index (χ1) is 6.40. The van der Waals surface area contributed by atoms with Gasteiger partial charge in [0.25, 0.3) is 0 Å². The molecular weight excluding hydrogens is 213 g/mol. The summed E-state index contributed by atoms with van der Waals surface area (Å²) in [5.41, 5.74) is 0. The number of nitrogens with one attached hydrogen (secondary N) is 1. The van der Waals surface area contributed by atoms with Crippen molar-refractivity contribution in [3.05, 3.63) is 0 Å². The molecule has 0 aliphatic heterocycles. The van der Waals surface area contributed by atoms with E-state index in [0.717, 1.165) is 11.3 Å². The van der Waals surface area contributed by atoms with E-state index in [1.807, 2.05) is 6.92 Å². The second-order valence-corrected chi connectivity index (χ2v) is 3.25. The van der Waals surface area contributed by atoms with E-state index >= 15 is 0 Å². The maximum Gasteiger partial charge on any atom is 0.406 e. The Morgan fingerprint density at radius 2 is 1.93 bits per heavy atom. The monoisotopic (exact) mass is 228 g/mol. The molecule has 84 valence electrons. The standard InChI is InChI=1S/C8H15F3N2S/c1-3-5-12-7(14)13(4-2)6-8(9,10)11/h3-6H2,1-2H3,(H,12,14). The topological polar surface area (TPSA) is 15.3 Å². The van der Waals surface area contributed by atoms with E-state index in [-0.39, 0.29) is 11.7 Å². The molecule has 0 unspecified atom stereocenters. The zero-order valence-corrected chi connectivity index (χ0v) is 9.13. The Labute approximate surface area is 87.5 Å². The predicted molar refractivity (Wildman–Crippen MR) is 54.2 cm³/mol. The first-order valence-corrected chi connectivity index (χ1v) is 4.91. The fourth-order valence-corrected chi connectivity index (χ4v) is 1.18. The van der Waals surface area contributed by atoms with Crippen LogP contribution in [0.15, 0.2) is 0 Å². The molecule has 1 N–H and O–H groups in total. The molecule has 14 heavy (non-hydrogen) atoms. The second-order valence-electron chi connectivity index (χ2n) is 2.86. The summed E-state index contributed by atoms with van der Waals surface area (Å²) in [4.78, 5) is 1.10. The molecule has 0 rings (SSSR count). The molecule has 0 aromatic rings. The average molecular weight is 228 g/mol. The van der Waals surface area contributed by atoms with E-state index in [4.69, 9.17) is 12.2 Å². The predicted octanol–water partition coefficient (Wildman–Crippen LogP) is 2.16. The van der Waals surface area contributed by atoms with Gasteiger partial charge in [0.2, 0.25) is 0 Å². The Morgan fingerprint density at radius 1 is 1.36 bits per heavy atom. The van der Waals surface area contributed by atoms with Crippen LogP contribution < -0.4 is 5.32 Å². The van der Waals surface area contributed by atoms with Crippen molar-refractivity contribution in [3.63, 3.8) is 0 Å². The van der Waals surface area contributed by atoms with Crippen LogP contribution in [0.3, 0.4) is 0 Å². The van der Waals surface area contributed by atoms with E-state index in [2.05, 4.69) is 5.32 Å². The van der Waals surface area contributed by atoms with Crippen molar-refractivity contribution in [1.82, 2.24) is 10.2 Å². The third-order valence-corrected chi connectivity index (χ3v) is 1.97. The van der Waals surface area contributed by atoms with Crippen molar-refractivity contribution >= 4 is 17.3 Å². The lowest BCUT2D eigenvalue weighted by Crippen LogP contribution is -2.44. The highest BCUT2D eigenvalue weighted by Gasteiger charge is 2.30. The fourth-order valence-electron chi connectivity index (χ4n) is 0.887. The molecule has 0 saturated heterocycles. The van der Waals surface area contributed by atoms with Gasteiger partial charge < -0.3 is 10.2 Å². The molecule has 0 aliphatic rings. The summed E-state index contributed by atoms with van der Waals surface area (Å²) >= 11 is 4.82. The zero-order valence-electron chi connectivity index (χ0n) is 8.32. The van der Waals surface area contributed by atoms with Crippen molar-refractivity contribution in [3.8, 4) is 0 Å². The lowest BCUT2D eigenvalue weighted by molar-refractivity contribution is -0.137. The quantitative estimate of drug-likeness (QED) is 0.742. The van der Waals surface area contributed by atoms with E-state index in [9.17, 15) is 13.2 Å². The molecule has 0 saturated carbocycles. The Balaban J connectivity index is 4.06. The number of alkyl halides is 3. The SMILES string of the molecule is CCCNC(=S)N(CC)CC(F)(F)F. The van der Waals surface area contributed by atoms with Gasteiger partial charge in [-0.3, -0.25) is 0 Å². The van der Waals surface area contributed by atoms with Crippen LogP contribution in [-0.4, -0.2) is 35.8 Å². The Kier molecular flexibility index (Phi) is 5.83. The van der Waals surface area contributed by atoms with Crippen LogP contribution in [-0.2, 0) is 0 Å². The van der Waals surface area contributed by atoms with Crippen molar-refractivity contribution in [1.29, 1.82) is 0 Å². The van der Waals surface area contributed by atoms with Gasteiger partial charge in [-0.15, -0.1) is 0 Å². The molecule has 0 spiro atoms. The first-order valence-electron chi connectivity index (χ1n) is 4.50. The van der Waals surface area contributed by atoms with Crippen LogP contribution in [0.2, 0.25) is 0 Å². The zero-order chi connectivity index (χ0) is 11.2. The van der Waals surface area contributed by atoms with Gasteiger partial charge in [0, 0.05) is 13.1 Å². The van der Waals surface area contributed by atoms with Crippen molar-refractivity contribution in [2.45, 2.75) is 26.4 Å². The smallest absolute Gasteiger partial charge is 0.363 e. The summed E-state index contributed by atoms with van der Waals surface area (Å²) in [5, 5.41) is 2.94. The second kappa shape index (κ2) is 6.06. The molecule has 2 nitrogen and oxygen atoms in total. The van der Waals surface area contributed by atoms with Crippen molar-refractivity contribution in [2.75, 3.05) is 19.6 Å². The molecule has 0 heterocycles. The van der Waals surface area contributed by atoms with E-state index < -0.39 is 12.7 Å². The Morgan fingerprint density at radius 3 is 2.29 bits per heavy atom. The van der Waals surface area contributed by atoms with Gasteiger partial charge in [-0.2, -0.15) is 13.2 Å². The minimum atomic E-state index is -4.20. The van der Waals surface area contributed by atoms with Crippen LogP contribution in [0.4, 0.5) is 13.2 Å². The Bertz CT molecular complexity index is 182. The molecule has 0 aromatic carbocycles. The molecule has 0 bridgehead atoms. The molecular formula is C8H15F3N2S. The number of hydrogen-bond acceptors (Lipinski definition) is 1. The maximum atomic E-state index is 12.0. The number of halogens is 3. The lowest BCUT2D eigenvalue weighted by Gasteiger charge is -2.25. The summed E-state index contributed by atoms with van der Waals surface area (Å²) in [6, 6.07) is 0. The van der Waals surface area contributed by atoms with Gasteiger partial charge in [-0.1, -0.05) is 6.92 Å². The van der Waals surface area contributed by atoms with E-state index in [0.29, 0.717) is 6.54 Å². The number of hydrogen-bond donors (Lipinski definition) is 1. The molecule has 0 amide bonds. The van der Waals surface area contributed by atoms with Crippen LogP contribution >= 0.6 is 12.2 Å². The average Bonchev–Trinajstić information content (AvgIpc) is 2.08. The van der Waals surface area contributed by atoms with Crippen LogP contribution in [0.25, 0.3) is 0 Å². The van der Waals surface area contributed by atoms with Gasteiger partial charge in [0.1, 0.15) is 6.54 Å². The molecule has 0 atom stereocenters. The minimum absolute atomic E-state index is 0.173. The Hall–Kier alpha value is -0.520. The summed E-state index contributed by atoms with van der Waals surface area (Å²) in [6.07, 6.45) is -3.36. The molecule has 0 aromatic heterocycles. The summed E-state index contributed by atoms with van der Waals surface area (Å²) in [5.74, 6) is 0. The first kappa shape index (κ1) is 13.5. The molecule has 0 fully saturated rings. The molecule has 0 radical (unpaired) electrons. The van der Waals surface area contributed by atoms with Crippen LogP contribution in [0.5, 0.6) is 0 Å². The summed E-state index contributed by atoms with van der Waals surface area (Å²) in [7, 11) is 0. The largest absolute Gasteiger partial charge is 0.406 e. The van der Waals surface area contributed by atoms with E-state index in [1.165, 1.54) is 0 Å². The third-order valence-electron chi connectivity index (χ3n) is 1.57. The summed E-state index contributed by atoms with van der Waals surface area (Å²) in [6.45, 7) is 3.45. The van der Waals surface area contributed by atoms with Gasteiger partial charge in [0.15, 0.2) is 5.11 Å². The van der Waals surface area contributed by atoms with Crippen molar-refractivity contribution < 1.29 is 13.2 Å². The third kappa shape index (κ3) is 6.01. The van der Waals surface area contributed by atoms with Crippen molar-refractivity contribution in [2.24, 2.45) is 0 Å². The van der Waals surface area contributed by atoms with Crippen LogP contribution in [0.1, 0.15) is 20.3 Å². The number of rotatable bonds is 4. The molecule has 6 heteroatoms. The highest BCUT2D eigenvalue weighted by molar-refractivity contribution is 7.80. The van der Waals surface area contributed by atoms with Gasteiger partial charge >= 0.3 is 6.18 Å². The van der Waals surface area contributed by atoms with E-state index in [1.54, 1.807) is 6.92 Å². The number of thiocarbonyl (C=S) groups is 1. The molecule has 0 aliphatic carbocycles. The van der Waals surface area contributed by atoms with Gasteiger partial charge in [0.05, 0.1) is 0 Å². The van der Waals surface area contributed by atoms with Crippen LogP contribution in [0, 0.1) is 0 Å². The lowest BCUT2D eigenvalue weighted by atomic mass is 10.4. The van der Waals surface area contributed by atoms with Gasteiger partial charge in [-0.25, -0.2) is 0 Å². The minimum Gasteiger partial charge on any atom is -0.363 e. The fraction of sp³-hybridized carbons (Fsp3) is 0.875.